The first-order valence-electron chi connectivity index (χ1n) is 10.1. The van der Waals surface area contributed by atoms with Crippen molar-refractivity contribution in [1.82, 2.24) is 0 Å². The molecule has 1 heterocycles. The predicted octanol–water partition coefficient (Wildman–Crippen LogP) is 8.62. The molecule has 2 heteroatoms. The Morgan fingerprint density at radius 3 is 2.07 bits per heavy atom. The minimum atomic E-state index is 1.12. The van der Waals surface area contributed by atoms with Gasteiger partial charge in [0.1, 0.15) is 0 Å². The zero-order chi connectivity index (χ0) is 19.9. The van der Waals surface area contributed by atoms with E-state index in [1.54, 1.807) is 0 Å². The van der Waals surface area contributed by atoms with Gasteiger partial charge < -0.3 is 5.32 Å². The Balaban J connectivity index is 1.54. The lowest BCUT2D eigenvalue weighted by atomic mass is 9.97. The Bertz CT molecular complexity index is 1520. The lowest BCUT2D eigenvalue weighted by molar-refractivity contribution is 1.57. The summed E-state index contributed by atoms with van der Waals surface area (Å²) in [4.78, 5) is 0. The van der Waals surface area contributed by atoms with Gasteiger partial charge in [-0.1, -0.05) is 84.9 Å². The smallest absolute Gasteiger partial charge is 0.0478 e. The van der Waals surface area contributed by atoms with Gasteiger partial charge in [-0.15, -0.1) is 11.3 Å². The van der Waals surface area contributed by atoms with E-state index in [0.717, 1.165) is 11.4 Å². The molecule has 0 unspecified atom stereocenters. The fourth-order valence-electron chi connectivity index (χ4n) is 4.31. The van der Waals surface area contributed by atoms with Gasteiger partial charge in [0, 0.05) is 37.1 Å². The molecule has 0 atom stereocenters. The van der Waals surface area contributed by atoms with Crippen LogP contribution in [0.15, 0.2) is 109 Å². The monoisotopic (exact) mass is 401 g/mol. The molecule has 0 radical (unpaired) electrons. The first-order valence-corrected chi connectivity index (χ1v) is 10.9. The topological polar surface area (TPSA) is 12.0 Å². The van der Waals surface area contributed by atoms with E-state index in [9.17, 15) is 0 Å². The lowest BCUT2D eigenvalue weighted by Crippen LogP contribution is -1.94. The highest BCUT2D eigenvalue weighted by molar-refractivity contribution is 7.25. The Hall–Kier alpha value is -3.62. The average molecular weight is 402 g/mol. The van der Waals surface area contributed by atoms with Gasteiger partial charge in [0.2, 0.25) is 0 Å². The Kier molecular flexibility index (Phi) is 4.03. The van der Waals surface area contributed by atoms with E-state index in [1.165, 1.54) is 42.1 Å². The summed E-state index contributed by atoms with van der Waals surface area (Å²) >= 11 is 1.85. The van der Waals surface area contributed by atoms with Crippen LogP contribution in [0.5, 0.6) is 0 Å². The molecule has 6 rings (SSSR count). The third-order valence-corrected chi connectivity index (χ3v) is 6.81. The predicted molar refractivity (Wildman–Crippen MR) is 132 cm³/mol. The van der Waals surface area contributed by atoms with E-state index in [-0.39, 0.29) is 0 Å². The van der Waals surface area contributed by atoms with Crippen LogP contribution in [0.4, 0.5) is 11.4 Å². The van der Waals surface area contributed by atoms with Crippen LogP contribution < -0.4 is 5.32 Å². The van der Waals surface area contributed by atoms with Gasteiger partial charge in [0.15, 0.2) is 0 Å². The van der Waals surface area contributed by atoms with Crippen molar-refractivity contribution in [3.63, 3.8) is 0 Å². The molecule has 1 nitrogen and oxygen atoms in total. The maximum atomic E-state index is 3.76. The molecular weight excluding hydrogens is 382 g/mol. The number of hydrogen-bond donors (Lipinski definition) is 1. The first kappa shape index (κ1) is 17.3. The molecule has 30 heavy (non-hydrogen) atoms. The summed E-state index contributed by atoms with van der Waals surface area (Å²) in [5, 5.41) is 8.90. The summed E-state index contributed by atoms with van der Waals surface area (Å²) in [6.07, 6.45) is 0. The summed E-state index contributed by atoms with van der Waals surface area (Å²) in [5.41, 5.74) is 4.73. The minimum absolute atomic E-state index is 1.12. The third kappa shape index (κ3) is 2.77. The maximum absolute atomic E-state index is 3.76. The number of thiophene rings is 1. The molecule has 0 aliphatic heterocycles. The summed E-state index contributed by atoms with van der Waals surface area (Å²) in [6, 6.07) is 38.9. The van der Waals surface area contributed by atoms with Gasteiger partial charge in [-0.3, -0.25) is 0 Å². The maximum Gasteiger partial charge on any atom is 0.0478 e. The highest BCUT2D eigenvalue weighted by Crippen LogP contribution is 2.41. The van der Waals surface area contributed by atoms with E-state index >= 15 is 0 Å². The summed E-state index contributed by atoms with van der Waals surface area (Å²) < 4.78 is 2.63. The number of hydrogen-bond acceptors (Lipinski definition) is 2. The zero-order valence-electron chi connectivity index (χ0n) is 16.3. The van der Waals surface area contributed by atoms with E-state index in [4.69, 9.17) is 0 Å². The summed E-state index contributed by atoms with van der Waals surface area (Å²) in [7, 11) is 0. The number of benzene rings is 5. The molecule has 6 aromatic rings. The fraction of sp³-hybridized carbons (Fsp3) is 0. The average Bonchev–Trinajstić information content (AvgIpc) is 3.19. The molecular formula is C28H19NS. The normalized spacial score (nSPS) is 11.3. The molecule has 1 aromatic heterocycles. The highest BCUT2D eigenvalue weighted by Gasteiger charge is 2.12. The van der Waals surface area contributed by atoms with Crippen molar-refractivity contribution in [3.8, 4) is 11.1 Å². The molecule has 0 fully saturated rings. The van der Waals surface area contributed by atoms with Crippen molar-refractivity contribution >= 4 is 53.7 Å². The van der Waals surface area contributed by atoms with Crippen LogP contribution in [0.1, 0.15) is 0 Å². The van der Waals surface area contributed by atoms with Crippen molar-refractivity contribution in [1.29, 1.82) is 0 Å². The van der Waals surface area contributed by atoms with Crippen molar-refractivity contribution in [2.45, 2.75) is 0 Å². The molecule has 0 amide bonds. The molecule has 0 saturated heterocycles. The SMILES string of the molecule is c1ccc(-c2cccc3ccccc23)c(Nc2cccc3sc4ccccc4c23)c1. The first-order chi connectivity index (χ1) is 14.9. The van der Waals surface area contributed by atoms with Crippen molar-refractivity contribution in [2.75, 3.05) is 5.32 Å². The van der Waals surface area contributed by atoms with Crippen LogP contribution in [0, 0.1) is 0 Å². The van der Waals surface area contributed by atoms with E-state index < -0.39 is 0 Å². The number of fused-ring (bicyclic) bond motifs is 4. The van der Waals surface area contributed by atoms with Gasteiger partial charge in [-0.2, -0.15) is 0 Å². The van der Waals surface area contributed by atoms with Crippen molar-refractivity contribution < 1.29 is 0 Å². The van der Waals surface area contributed by atoms with Gasteiger partial charge in [0.25, 0.3) is 0 Å². The molecule has 5 aromatic carbocycles. The number of nitrogens with one attached hydrogen (secondary N) is 1. The van der Waals surface area contributed by atoms with Gasteiger partial charge >= 0.3 is 0 Å². The molecule has 1 N–H and O–H groups in total. The second-order valence-corrected chi connectivity index (χ2v) is 8.56. The number of anilines is 2. The third-order valence-electron chi connectivity index (χ3n) is 5.68. The van der Waals surface area contributed by atoms with E-state index in [0.29, 0.717) is 0 Å². The van der Waals surface area contributed by atoms with E-state index in [1.807, 2.05) is 11.3 Å². The van der Waals surface area contributed by atoms with Crippen LogP contribution in [-0.2, 0) is 0 Å². The molecule has 0 aliphatic carbocycles. The lowest BCUT2D eigenvalue weighted by Gasteiger charge is -2.15. The van der Waals surface area contributed by atoms with Crippen LogP contribution in [0.25, 0.3) is 42.1 Å². The molecule has 0 aliphatic rings. The second-order valence-electron chi connectivity index (χ2n) is 7.47. The number of rotatable bonds is 3. The van der Waals surface area contributed by atoms with Gasteiger partial charge in [0.05, 0.1) is 0 Å². The standard InChI is InChI=1S/C28H19NS/c1-2-11-20-19(9-1)10-7-14-21(20)22-12-3-5-15-24(22)29-25-16-8-18-27-28(25)23-13-4-6-17-26(23)30-27/h1-18,29H. The largest absolute Gasteiger partial charge is 0.354 e. The summed E-state index contributed by atoms with van der Waals surface area (Å²) in [5.74, 6) is 0. The fourth-order valence-corrected chi connectivity index (χ4v) is 5.44. The van der Waals surface area contributed by atoms with Gasteiger partial charge in [-0.05, 0) is 40.6 Å². The minimum Gasteiger partial charge on any atom is -0.354 e. The summed E-state index contributed by atoms with van der Waals surface area (Å²) in [6.45, 7) is 0. The van der Waals surface area contributed by atoms with Crippen LogP contribution in [0.2, 0.25) is 0 Å². The van der Waals surface area contributed by atoms with Crippen molar-refractivity contribution in [2.24, 2.45) is 0 Å². The second kappa shape index (κ2) is 7.01. The van der Waals surface area contributed by atoms with Crippen LogP contribution >= 0.6 is 11.3 Å². The quantitative estimate of drug-likeness (QED) is 0.313. The molecule has 142 valence electrons. The van der Waals surface area contributed by atoms with Crippen LogP contribution in [-0.4, -0.2) is 0 Å². The Labute approximate surface area is 179 Å². The molecule has 0 bridgehead atoms. The van der Waals surface area contributed by atoms with Gasteiger partial charge in [-0.25, -0.2) is 0 Å². The Morgan fingerprint density at radius 2 is 1.10 bits per heavy atom. The van der Waals surface area contributed by atoms with Crippen LogP contribution in [0.3, 0.4) is 0 Å². The Morgan fingerprint density at radius 1 is 0.467 bits per heavy atom. The number of para-hydroxylation sites is 1. The highest BCUT2D eigenvalue weighted by atomic mass is 32.1. The molecule has 0 spiro atoms. The van der Waals surface area contributed by atoms with Crippen molar-refractivity contribution in [3.05, 3.63) is 109 Å². The van der Waals surface area contributed by atoms with E-state index in [2.05, 4.69) is 115 Å². The molecule has 0 saturated carbocycles. The zero-order valence-corrected chi connectivity index (χ0v) is 17.1.